The van der Waals surface area contributed by atoms with Gasteiger partial charge >= 0.3 is 0 Å². The Bertz CT molecular complexity index is 516. The molecule has 0 radical (unpaired) electrons. The van der Waals surface area contributed by atoms with Crippen LogP contribution in [-0.2, 0) is 21.1 Å². The first-order valence-corrected chi connectivity index (χ1v) is 8.42. The normalized spacial score (nSPS) is 14.7. The summed E-state index contributed by atoms with van der Waals surface area (Å²) in [6.45, 7) is 1.37. The lowest BCUT2D eigenvalue weighted by Gasteiger charge is -2.18. The van der Waals surface area contributed by atoms with Gasteiger partial charge in [-0.2, -0.15) is 0 Å². The van der Waals surface area contributed by atoms with E-state index in [-0.39, 0.29) is 11.9 Å². The van der Waals surface area contributed by atoms with Crippen molar-refractivity contribution in [2.24, 2.45) is 0 Å². The Morgan fingerprint density at radius 1 is 1.32 bits per heavy atom. The number of nitrogens with one attached hydrogen (secondary N) is 1. The van der Waals surface area contributed by atoms with Crippen LogP contribution in [0.25, 0.3) is 0 Å². The van der Waals surface area contributed by atoms with Crippen LogP contribution < -0.4 is 5.32 Å². The molecule has 1 rings (SSSR count). The fourth-order valence-electron chi connectivity index (χ4n) is 1.56. The highest BCUT2D eigenvalue weighted by molar-refractivity contribution is 7.92. The Balaban J connectivity index is 2.65. The van der Waals surface area contributed by atoms with Crippen molar-refractivity contribution in [3.63, 3.8) is 0 Å². The molecule has 0 aliphatic heterocycles. The van der Waals surface area contributed by atoms with Crippen molar-refractivity contribution < 1.29 is 13.2 Å². The van der Waals surface area contributed by atoms with E-state index in [1.807, 2.05) is 30.3 Å². The summed E-state index contributed by atoms with van der Waals surface area (Å²) in [5.74, 6) is -0.277. The second-order valence-corrected chi connectivity index (χ2v) is 7.20. The van der Waals surface area contributed by atoms with Crippen molar-refractivity contribution in [1.29, 1.82) is 0 Å². The maximum Gasteiger partial charge on any atom is 0.238 e. The third kappa shape index (κ3) is 5.20. The zero-order valence-corrected chi connectivity index (χ0v) is 12.5. The highest BCUT2D eigenvalue weighted by Crippen LogP contribution is 2.06. The Labute approximate surface area is 119 Å². The lowest BCUT2D eigenvalue weighted by molar-refractivity contribution is -0.120. The molecule has 0 fully saturated rings. The summed E-state index contributed by atoms with van der Waals surface area (Å²) in [7, 11) is -3.38. The highest BCUT2D eigenvalue weighted by Gasteiger charge is 2.25. The van der Waals surface area contributed by atoms with Gasteiger partial charge in [-0.3, -0.25) is 4.79 Å². The molecule has 106 valence electrons. The second kappa shape index (κ2) is 6.91. The SMILES string of the molecule is CC(C(=O)NC(CCl)Cc1ccccc1)S(C)(=O)=O. The molecule has 0 aliphatic rings. The van der Waals surface area contributed by atoms with Gasteiger partial charge in [-0.25, -0.2) is 8.42 Å². The summed E-state index contributed by atoms with van der Waals surface area (Å²) < 4.78 is 22.6. The first kappa shape index (κ1) is 16.0. The maximum atomic E-state index is 11.8. The summed E-state index contributed by atoms with van der Waals surface area (Å²) in [4.78, 5) is 11.8. The lowest BCUT2D eigenvalue weighted by Crippen LogP contribution is -2.44. The lowest BCUT2D eigenvalue weighted by atomic mass is 10.1. The third-order valence-electron chi connectivity index (χ3n) is 2.87. The van der Waals surface area contributed by atoms with Gasteiger partial charge in [0, 0.05) is 18.2 Å². The molecule has 0 heterocycles. The van der Waals surface area contributed by atoms with E-state index in [0.717, 1.165) is 11.8 Å². The summed E-state index contributed by atoms with van der Waals surface area (Å²) in [5, 5.41) is 1.61. The fraction of sp³-hybridized carbons (Fsp3) is 0.462. The molecule has 1 N–H and O–H groups in total. The smallest absolute Gasteiger partial charge is 0.238 e. The predicted octanol–water partition coefficient (Wildman–Crippen LogP) is 1.39. The van der Waals surface area contributed by atoms with E-state index < -0.39 is 21.0 Å². The molecule has 0 spiro atoms. The van der Waals surface area contributed by atoms with E-state index in [9.17, 15) is 13.2 Å². The maximum absolute atomic E-state index is 11.8. The monoisotopic (exact) mass is 303 g/mol. The number of carbonyl (C=O) groups excluding carboxylic acids is 1. The fourth-order valence-corrected chi connectivity index (χ4v) is 2.20. The Kier molecular flexibility index (Phi) is 5.82. The van der Waals surface area contributed by atoms with Crippen LogP contribution in [0.4, 0.5) is 0 Å². The minimum atomic E-state index is -3.38. The summed E-state index contributed by atoms with van der Waals surface area (Å²) in [5.41, 5.74) is 1.04. The van der Waals surface area contributed by atoms with Gasteiger partial charge in [0.15, 0.2) is 9.84 Å². The van der Waals surface area contributed by atoms with E-state index in [4.69, 9.17) is 11.6 Å². The number of benzene rings is 1. The summed E-state index contributed by atoms with van der Waals surface area (Å²) >= 11 is 5.82. The zero-order chi connectivity index (χ0) is 14.5. The van der Waals surface area contributed by atoms with Crippen LogP contribution in [0.5, 0.6) is 0 Å². The van der Waals surface area contributed by atoms with E-state index in [2.05, 4.69) is 5.32 Å². The highest BCUT2D eigenvalue weighted by atomic mass is 35.5. The molecule has 0 aliphatic carbocycles. The average molecular weight is 304 g/mol. The summed E-state index contributed by atoms with van der Waals surface area (Å²) in [6, 6.07) is 9.31. The number of amides is 1. The van der Waals surface area contributed by atoms with Crippen LogP contribution in [0.15, 0.2) is 30.3 Å². The molecule has 1 amide bonds. The van der Waals surface area contributed by atoms with Gasteiger partial charge < -0.3 is 5.32 Å². The number of alkyl halides is 1. The van der Waals surface area contributed by atoms with E-state index >= 15 is 0 Å². The van der Waals surface area contributed by atoms with Crippen molar-refractivity contribution in [2.75, 3.05) is 12.1 Å². The van der Waals surface area contributed by atoms with Crippen molar-refractivity contribution in [3.05, 3.63) is 35.9 Å². The molecule has 0 bridgehead atoms. The first-order chi connectivity index (χ1) is 8.84. The van der Waals surface area contributed by atoms with E-state index in [0.29, 0.717) is 6.42 Å². The molecule has 0 saturated carbocycles. The molecule has 0 aromatic heterocycles. The van der Waals surface area contributed by atoms with Crippen molar-refractivity contribution >= 4 is 27.3 Å². The first-order valence-electron chi connectivity index (χ1n) is 5.93. The molecule has 2 atom stereocenters. The minimum absolute atomic E-state index is 0.233. The van der Waals surface area contributed by atoms with Gasteiger partial charge in [0.2, 0.25) is 5.91 Å². The zero-order valence-electron chi connectivity index (χ0n) is 11.0. The van der Waals surface area contributed by atoms with Gasteiger partial charge in [-0.1, -0.05) is 30.3 Å². The van der Waals surface area contributed by atoms with Gasteiger partial charge in [0.1, 0.15) is 5.25 Å². The molecular weight excluding hydrogens is 286 g/mol. The Hall–Kier alpha value is -1.07. The largest absolute Gasteiger partial charge is 0.351 e. The van der Waals surface area contributed by atoms with Gasteiger partial charge in [-0.15, -0.1) is 11.6 Å². The molecule has 1 aromatic rings. The Morgan fingerprint density at radius 2 is 1.89 bits per heavy atom. The Morgan fingerprint density at radius 3 is 2.37 bits per heavy atom. The molecule has 1 aromatic carbocycles. The van der Waals surface area contributed by atoms with E-state index in [1.54, 1.807) is 0 Å². The number of hydrogen-bond donors (Lipinski definition) is 1. The standard InChI is InChI=1S/C13H18ClNO3S/c1-10(19(2,17)18)13(16)15-12(9-14)8-11-6-4-3-5-7-11/h3-7,10,12H,8-9H2,1-2H3,(H,15,16). The van der Waals surface area contributed by atoms with Crippen LogP contribution in [0.2, 0.25) is 0 Å². The molecular formula is C13H18ClNO3S. The minimum Gasteiger partial charge on any atom is -0.351 e. The van der Waals surface area contributed by atoms with Crippen LogP contribution in [0, 0.1) is 0 Å². The van der Waals surface area contributed by atoms with E-state index in [1.165, 1.54) is 6.92 Å². The number of sulfone groups is 1. The van der Waals surface area contributed by atoms with Crippen LogP contribution in [0.3, 0.4) is 0 Å². The molecule has 0 saturated heterocycles. The molecule has 19 heavy (non-hydrogen) atoms. The average Bonchev–Trinajstić information content (AvgIpc) is 2.37. The third-order valence-corrected chi connectivity index (χ3v) is 4.74. The van der Waals surface area contributed by atoms with Gasteiger partial charge in [0.25, 0.3) is 0 Å². The number of rotatable bonds is 6. The predicted molar refractivity (Wildman–Crippen MR) is 77.1 cm³/mol. The molecule has 4 nitrogen and oxygen atoms in total. The summed E-state index contributed by atoms with van der Waals surface area (Å²) in [6.07, 6.45) is 1.62. The van der Waals surface area contributed by atoms with Crippen LogP contribution >= 0.6 is 11.6 Å². The quantitative estimate of drug-likeness (QED) is 0.808. The van der Waals surface area contributed by atoms with Crippen LogP contribution in [0.1, 0.15) is 12.5 Å². The van der Waals surface area contributed by atoms with Gasteiger partial charge in [0.05, 0.1) is 0 Å². The number of halogens is 1. The number of hydrogen-bond acceptors (Lipinski definition) is 3. The molecule has 6 heteroatoms. The topological polar surface area (TPSA) is 63.2 Å². The van der Waals surface area contributed by atoms with Crippen molar-refractivity contribution in [2.45, 2.75) is 24.6 Å². The van der Waals surface area contributed by atoms with Gasteiger partial charge in [-0.05, 0) is 18.9 Å². The van der Waals surface area contributed by atoms with Crippen LogP contribution in [-0.4, -0.2) is 37.8 Å². The molecule has 2 unspecified atom stereocenters. The van der Waals surface area contributed by atoms with Crippen molar-refractivity contribution in [3.8, 4) is 0 Å². The number of carbonyl (C=O) groups is 1. The second-order valence-electron chi connectivity index (χ2n) is 4.52. The van der Waals surface area contributed by atoms with Crippen molar-refractivity contribution in [1.82, 2.24) is 5.32 Å².